The molecule has 0 aromatic carbocycles. The minimum Gasteiger partial charge on any atom is -0.367 e. The molecule has 0 unspecified atom stereocenters. The van der Waals surface area contributed by atoms with Gasteiger partial charge in [0.2, 0.25) is 9.97 Å². The summed E-state index contributed by atoms with van der Waals surface area (Å²) in [6, 6.07) is 0. The predicted molar refractivity (Wildman–Crippen MR) is 42.3 cm³/mol. The second kappa shape index (κ2) is 3.19. The van der Waals surface area contributed by atoms with E-state index in [1.54, 1.807) is 0 Å². The maximum absolute atomic E-state index is 11.7. The van der Waals surface area contributed by atoms with Crippen LogP contribution in [0.5, 0.6) is 0 Å². The van der Waals surface area contributed by atoms with Crippen LogP contribution in [-0.2, 0) is 4.74 Å². The molecule has 0 aliphatic carbocycles. The molecular weight excluding hydrogens is 235 g/mol. The predicted octanol–water partition coefficient (Wildman–Crippen LogP) is 1.47. The molecule has 0 fully saturated rings. The number of rotatable bonds is 1. The summed E-state index contributed by atoms with van der Waals surface area (Å²) in [5.74, 6) is -1.53. The van der Waals surface area contributed by atoms with Gasteiger partial charge in [0.05, 0.1) is 6.20 Å². The topological polar surface area (TPSA) is 56.5 Å². The zero-order valence-corrected chi connectivity index (χ0v) is 7.67. The van der Waals surface area contributed by atoms with Gasteiger partial charge in [-0.15, -0.1) is 18.3 Å². The zero-order valence-electron chi connectivity index (χ0n) is 6.85. The lowest BCUT2D eigenvalue weighted by atomic mass is 10.7. The van der Waals surface area contributed by atoms with Crippen LogP contribution in [0, 0.1) is 0 Å². The largest absolute Gasteiger partial charge is 0.575 e. The van der Waals surface area contributed by atoms with Crippen LogP contribution in [0.4, 0.5) is 13.2 Å². The Bertz CT molecular complexity index is 474. The number of hydrogen-bond donors (Lipinski definition) is 0. The number of imidazole rings is 1. The van der Waals surface area contributed by atoms with Gasteiger partial charge < -0.3 is 4.74 Å². The number of carbonyl (C=O) groups is 1. The summed E-state index contributed by atoms with van der Waals surface area (Å²) >= 11 is 0.719. The number of fused-ring (bicyclic) bond motifs is 1. The van der Waals surface area contributed by atoms with Crippen LogP contribution in [0.2, 0.25) is 0 Å². The first-order chi connectivity index (χ1) is 6.96. The third kappa shape index (κ3) is 2.06. The van der Waals surface area contributed by atoms with Gasteiger partial charge in [-0.1, -0.05) is 11.3 Å². The van der Waals surface area contributed by atoms with Gasteiger partial charge in [0, 0.05) is 6.20 Å². The van der Waals surface area contributed by atoms with E-state index in [1.165, 1.54) is 16.9 Å². The summed E-state index contributed by atoms with van der Waals surface area (Å²) < 4.78 is 39.4. The van der Waals surface area contributed by atoms with E-state index in [0.29, 0.717) is 4.96 Å². The van der Waals surface area contributed by atoms with Gasteiger partial charge >= 0.3 is 12.3 Å². The number of aromatic nitrogens is 3. The van der Waals surface area contributed by atoms with Gasteiger partial charge in [-0.2, -0.15) is 0 Å². The molecule has 5 nitrogen and oxygen atoms in total. The Balaban J connectivity index is 2.24. The first-order valence-corrected chi connectivity index (χ1v) is 4.37. The molecule has 2 heterocycles. The summed E-state index contributed by atoms with van der Waals surface area (Å²) in [4.78, 5) is 15.0. The van der Waals surface area contributed by atoms with Crippen molar-refractivity contribution in [3.05, 3.63) is 17.4 Å². The van der Waals surface area contributed by atoms with Gasteiger partial charge in [0.25, 0.3) is 0 Å². The monoisotopic (exact) mass is 237 g/mol. The second-order valence-electron chi connectivity index (χ2n) is 2.40. The van der Waals surface area contributed by atoms with E-state index in [4.69, 9.17) is 0 Å². The van der Waals surface area contributed by atoms with Crippen molar-refractivity contribution in [1.82, 2.24) is 14.6 Å². The maximum atomic E-state index is 11.7. The standard InChI is InChI=1S/C6H2F3N3O2S/c7-6(8,9)14-4(13)3-11-12-2-1-10-5(12)15-3/h1-2H. The van der Waals surface area contributed by atoms with E-state index in [2.05, 4.69) is 14.8 Å². The third-order valence-electron chi connectivity index (χ3n) is 1.36. The van der Waals surface area contributed by atoms with E-state index in [-0.39, 0.29) is 0 Å². The first kappa shape index (κ1) is 9.90. The Morgan fingerprint density at radius 1 is 1.53 bits per heavy atom. The number of carbonyl (C=O) groups excluding carboxylic acids is 1. The van der Waals surface area contributed by atoms with Crippen molar-refractivity contribution in [3.8, 4) is 0 Å². The molecule has 0 spiro atoms. The highest BCUT2D eigenvalue weighted by molar-refractivity contribution is 7.18. The molecule has 0 radical (unpaired) electrons. The highest BCUT2D eigenvalue weighted by Gasteiger charge is 2.35. The molecule has 2 aromatic heterocycles. The van der Waals surface area contributed by atoms with Crippen molar-refractivity contribution in [2.75, 3.05) is 0 Å². The molecular formula is C6H2F3N3O2S. The molecule has 9 heteroatoms. The van der Waals surface area contributed by atoms with E-state index < -0.39 is 17.3 Å². The molecule has 15 heavy (non-hydrogen) atoms. The van der Waals surface area contributed by atoms with Crippen LogP contribution in [-0.4, -0.2) is 26.9 Å². The number of nitrogens with zero attached hydrogens (tertiary/aromatic N) is 3. The number of esters is 1. The summed E-state index contributed by atoms with van der Waals surface area (Å²) in [6.45, 7) is 0. The Morgan fingerprint density at radius 3 is 2.87 bits per heavy atom. The van der Waals surface area contributed by atoms with Gasteiger partial charge in [-0.3, -0.25) is 0 Å². The quantitative estimate of drug-likeness (QED) is 0.704. The van der Waals surface area contributed by atoms with Crippen LogP contribution in [0.1, 0.15) is 9.80 Å². The molecule has 0 aliphatic rings. The van der Waals surface area contributed by atoms with Gasteiger partial charge in [0.1, 0.15) is 0 Å². The normalized spacial score (nSPS) is 11.9. The SMILES string of the molecule is O=C(OC(F)(F)F)c1nn2ccnc2s1. The lowest BCUT2D eigenvalue weighted by Gasteiger charge is -2.03. The van der Waals surface area contributed by atoms with E-state index in [1.807, 2.05) is 0 Å². The minimum absolute atomic E-state index is 0.323. The van der Waals surface area contributed by atoms with Crippen LogP contribution >= 0.6 is 11.3 Å². The van der Waals surface area contributed by atoms with Crippen molar-refractivity contribution < 1.29 is 22.7 Å². The molecule has 80 valence electrons. The Morgan fingerprint density at radius 2 is 2.27 bits per heavy atom. The first-order valence-electron chi connectivity index (χ1n) is 3.56. The lowest BCUT2D eigenvalue weighted by molar-refractivity contribution is -0.291. The lowest BCUT2D eigenvalue weighted by Crippen LogP contribution is -2.19. The molecule has 2 aromatic rings. The molecule has 0 saturated heterocycles. The molecule has 0 saturated carbocycles. The smallest absolute Gasteiger partial charge is 0.367 e. The fourth-order valence-corrected chi connectivity index (χ4v) is 1.60. The van der Waals surface area contributed by atoms with E-state index >= 15 is 0 Å². The van der Waals surface area contributed by atoms with E-state index in [0.717, 1.165) is 11.3 Å². The highest BCUT2D eigenvalue weighted by atomic mass is 32.1. The van der Waals surface area contributed by atoms with Crippen molar-refractivity contribution in [2.45, 2.75) is 6.36 Å². The highest BCUT2D eigenvalue weighted by Crippen LogP contribution is 2.21. The van der Waals surface area contributed by atoms with Crippen LogP contribution in [0.25, 0.3) is 4.96 Å². The molecule has 0 atom stereocenters. The van der Waals surface area contributed by atoms with Gasteiger partial charge in [-0.05, 0) is 0 Å². The number of hydrogen-bond acceptors (Lipinski definition) is 5. The summed E-state index contributed by atoms with van der Waals surface area (Å²) in [7, 11) is 0. The van der Waals surface area contributed by atoms with Crippen molar-refractivity contribution in [2.24, 2.45) is 0 Å². The second-order valence-corrected chi connectivity index (χ2v) is 3.35. The third-order valence-corrected chi connectivity index (χ3v) is 2.28. The van der Waals surface area contributed by atoms with Crippen LogP contribution in [0.3, 0.4) is 0 Å². The molecule has 0 bridgehead atoms. The summed E-state index contributed by atoms with van der Waals surface area (Å²) in [6.07, 6.45) is -2.17. The number of halogens is 3. The average Bonchev–Trinajstić information content (AvgIpc) is 2.56. The average molecular weight is 237 g/mol. The van der Waals surface area contributed by atoms with Crippen LogP contribution in [0.15, 0.2) is 12.4 Å². The van der Waals surface area contributed by atoms with Gasteiger partial charge in [-0.25, -0.2) is 14.3 Å². The summed E-state index contributed by atoms with van der Waals surface area (Å²) in [5, 5.41) is 3.16. The van der Waals surface area contributed by atoms with Gasteiger partial charge in [0.15, 0.2) is 0 Å². The maximum Gasteiger partial charge on any atom is 0.575 e. The Hall–Kier alpha value is -1.64. The fourth-order valence-electron chi connectivity index (χ4n) is 0.868. The van der Waals surface area contributed by atoms with Crippen molar-refractivity contribution in [3.63, 3.8) is 0 Å². The summed E-state index contributed by atoms with van der Waals surface area (Å²) in [5.41, 5.74) is 0. The molecule has 0 aliphatic heterocycles. The number of ether oxygens (including phenoxy) is 1. The minimum atomic E-state index is -5.00. The van der Waals surface area contributed by atoms with E-state index in [9.17, 15) is 18.0 Å². The Kier molecular flexibility index (Phi) is 2.11. The molecule has 0 N–H and O–H groups in total. The van der Waals surface area contributed by atoms with Crippen molar-refractivity contribution in [1.29, 1.82) is 0 Å². The Labute approximate surface area is 84.1 Å². The van der Waals surface area contributed by atoms with Crippen molar-refractivity contribution >= 4 is 22.3 Å². The number of alkyl halides is 3. The molecule has 0 amide bonds. The fraction of sp³-hybridized carbons (Fsp3) is 0.167. The van der Waals surface area contributed by atoms with Crippen LogP contribution < -0.4 is 0 Å². The zero-order chi connectivity index (χ0) is 11.1. The molecule has 2 rings (SSSR count).